The molecule has 1 aliphatic heterocycles. The van der Waals surface area contributed by atoms with Gasteiger partial charge in [0.25, 0.3) is 5.69 Å². The Bertz CT molecular complexity index is 776. The summed E-state index contributed by atoms with van der Waals surface area (Å²) in [4.78, 5) is 10.3. The smallest absolute Gasteiger partial charge is 0.418 e. The van der Waals surface area contributed by atoms with E-state index in [1.807, 2.05) is 0 Å². The van der Waals surface area contributed by atoms with Gasteiger partial charge in [-0.15, -0.1) is 0 Å². The fourth-order valence-electron chi connectivity index (χ4n) is 2.24. The molecule has 0 atom stereocenters. The van der Waals surface area contributed by atoms with Crippen molar-refractivity contribution in [2.45, 2.75) is 19.3 Å². The highest BCUT2D eigenvalue weighted by Crippen LogP contribution is 2.23. The molecule has 0 saturated carbocycles. The Morgan fingerprint density at radius 3 is 2.16 bits per heavy atom. The Morgan fingerprint density at radius 2 is 1.64 bits per heavy atom. The minimum atomic E-state index is -6.00. The molecule has 0 bridgehead atoms. The third kappa shape index (κ3) is 6.54. The second-order valence-electron chi connectivity index (χ2n) is 5.20. The Morgan fingerprint density at radius 1 is 1.08 bits per heavy atom. The van der Waals surface area contributed by atoms with Gasteiger partial charge in [0, 0.05) is 42.1 Å². The van der Waals surface area contributed by atoms with Crippen molar-refractivity contribution in [3.8, 4) is 10.6 Å². The number of nitrogens with zero attached hydrogens (tertiary/aromatic N) is 3. The number of nitro benzene ring substituents is 1. The van der Waals surface area contributed by atoms with Crippen molar-refractivity contribution >= 4 is 35.8 Å². The minimum absolute atomic E-state index is 0.116. The standard InChI is InChI=1S/C13H14N3O2S2.BF4/c17-16(18)11-6-4-10(5-7-11)12-14-20-13(19-12)15-8-2-1-3-9-15;2-1(3,4)5/h4-7H,1-3,8-9H2;/q+1;-1. The molecule has 136 valence electrons. The van der Waals surface area contributed by atoms with Gasteiger partial charge in [0.05, 0.1) is 4.92 Å². The summed E-state index contributed by atoms with van der Waals surface area (Å²) in [6, 6.07) is 6.59. The summed E-state index contributed by atoms with van der Waals surface area (Å²) in [6.07, 6.45) is 3.81. The van der Waals surface area contributed by atoms with Gasteiger partial charge in [-0.1, -0.05) is 0 Å². The topological polar surface area (TPSA) is 59.0 Å². The highest BCUT2D eigenvalue weighted by molar-refractivity contribution is 7.25. The summed E-state index contributed by atoms with van der Waals surface area (Å²) in [5.41, 5.74) is 1.06. The number of hydrogen-bond donors (Lipinski definition) is 0. The van der Waals surface area contributed by atoms with E-state index in [1.54, 1.807) is 23.5 Å². The number of rotatable bonds is 2. The first kappa shape index (κ1) is 19.5. The minimum Gasteiger partial charge on any atom is -0.418 e. The number of nitro groups is 1. The summed E-state index contributed by atoms with van der Waals surface area (Å²) in [5.74, 6) is 0. The fraction of sp³-hybridized carbons (Fsp3) is 0.385. The lowest BCUT2D eigenvalue weighted by Gasteiger charge is -2.06. The van der Waals surface area contributed by atoms with E-state index in [-0.39, 0.29) is 10.6 Å². The molecule has 3 rings (SSSR count). The maximum atomic E-state index is 10.6. The van der Waals surface area contributed by atoms with Crippen LogP contribution in [0.5, 0.6) is 0 Å². The largest absolute Gasteiger partial charge is 0.673 e. The maximum Gasteiger partial charge on any atom is 0.673 e. The van der Waals surface area contributed by atoms with E-state index in [0.717, 1.165) is 23.7 Å². The van der Waals surface area contributed by atoms with Crippen LogP contribution in [0.3, 0.4) is 0 Å². The third-order valence-corrected chi connectivity index (χ3v) is 5.56. The Labute approximate surface area is 148 Å². The van der Waals surface area contributed by atoms with E-state index < -0.39 is 7.25 Å². The van der Waals surface area contributed by atoms with Crippen LogP contribution in [-0.4, -0.2) is 29.6 Å². The Hall–Kier alpha value is -1.82. The molecule has 12 heteroatoms. The van der Waals surface area contributed by atoms with E-state index in [1.165, 1.54) is 46.9 Å². The average molecular weight is 395 g/mol. The molecule has 2 aromatic rings. The van der Waals surface area contributed by atoms with Gasteiger partial charge in [0.2, 0.25) is 0 Å². The number of piperidine rings is 1. The van der Waals surface area contributed by atoms with E-state index in [9.17, 15) is 27.4 Å². The van der Waals surface area contributed by atoms with Crippen molar-refractivity contribution in [3.63, 3.8) is 0 Å². The van der Waals surface area contributed by atoms with Gasteiger partial charge in [-0.25, -0.2) is 4.58 Å². The predicted octanol–water partition coefficient (Wildman–Crippen LogP) is 4.04. The zero-order chi connectivity index (χ0) is 18.4. The second kappa shape index (κ2) is 8.52. The maximum absolute atomic E-state index is 10.6. The summed E-state index contributed by atoms with van der Waals surface area (Å²) in [7, 11) is -6.00. The molecule has 0 amide bonds. The first-order valence-electron chi connectivity index (χ1n) is 7.41. The number of hydrogen-bond acceptors (Lipinski definition) is 5. The van der Waals surface area contributed by atoms with Gasteiger partial charge < -0.3 is 17.3 Å². The Kier molecular flexibility index (Phi) is 6.65. The van der Waals surface area contributed by atoms with Crippen LogP contribution in [0, 0.1) is 10.1 Å². The highest BCUT2D eigenvalue weighted by Gasteiger charge is 2.20. The summed E-state index contributed by atoms with van der Waals surface area (Å²) in [6.45, 7) is 2.22. The molecule has 5 nitrogen and oxygen atoms in total. The molecule has 1 saturated heterocycles. The normalized spacial score (nSPS) is 14.6. The first-order chi connectivity index (χ1) is 11.7. The van der Waals surface area contributed by atoms with Crippen LogP contribution in [0.15, 0.2) is 24.3 Å². The van der Waals surface area contributed by atoms with E-state index >= 15 is 0 Å². The van der Waals surface area contributed by atoms with Crippen molar-refractivity contribution in [1.29, 1.82) is 0 Å². The van der Waals surface area contributed by atoms with Crippen molar-refractivity contribution in [3.05, 3.63) is 38.4 Å². The highest BCUT2D eigenvalue weighted by atomic mass is 32.2. The number of halogens is 4. The third-order valence-electron chi connectivity index (χ3n) is 3.33. The van der Waals surface area contributed by atoms with E-state index in [4.69, 9.17) is 0 Å². The number of benzene rings is 1. The van der Waals surface area contributed by atoms with Gasteiger partial charge >= 0.3 is 11.2 Å². The van der Waals surface area contributed by atoms with Crippen molar-refractivity contribution in [2.75, 3.05) is 13.1 Å². The van der Waals surface area contributed by atoms with Crippen LogP contribution in [0.25, 0.3) is 10.6 Å². The molecule has 2 heterocycles. The van der Waals surface area contributed by atoms with Gasteiger partial charge in [-0.3, -0.25) is 10.1 Å². The Balaban J connectivity index is 0.000000399. The van der Waals surface area contributed by atoms with Crippen molar-refractivity contribution in [2.24, 2.45) is 0 Å². The van der Waals surface area contributed by atoms with E-state index in [2.05, 4.69) is 8.95 Å². The lowest BCUT2D eigenvalue weighted by molar-refractivity contribution is -0.384. The molecule has 0 unspecified atom stereocenters. The van der Waals surface area contributed by atoms with Gasteiger partial charge in [-0.2, -0.15) is 4.37 Å². The van der Waals surface area contributed by atoms with Crippen LogP contribution in [0.2, 0.25) is 0 Å². The SMILES string of the molecule is F[B-](F)(F)F.O=[N+]([O-])c1ccc(-c2nsc(=[N+]3CCCCC3)s2)cc1. The molecular weight excluding hydrogens is 381 g/mol. The van der Waals surface area contributed by atoms with Crippen LogP contribution in [0.1, 0.15) is 19.3 Å². The van der Waals surface area contributed by atoms with Crippen LogP contribution in [-0.2, 0) is 0 Å². The van der Waals surface area contributed by atoms with E-state index in [0.29, 0.717) is 0 Å². The molecule has 0 N–H and O–H groups in total. The molecule has 0 spiro atoms. The predicted molar refractivity (Wildman–Crippen MR) is 91.1 cm³/mol. The van der Waals surface area contributed by atoms with Crippen molar-refractivity contribution < 1.29 is 22.2 Å². The van der Waals surface area contributed by atoms with Gasteiger partial charge in [0.1, 0.15) is 18.1 Å². The van der Waals surface area contributed by atoms with Crippen LogP contribution < -0.4 is 8.56 Å². The van der Waals surface area contributed by atoms with Crippen molar-refractivity contribution in [1.82, 2.24) is 8.95 Å². The lowest BCUT2D eigenvalue weighted by atomic mass is 10.2. The molecule has 25 heavy (non-hydrogen) atoms. The molecule has 0 aliphatic carbocycles. The quantitative estimate of drug-likeness (QED) is 0.254. The first-order valence-corrected chi connectivity index (χ1v) is 9.00. The zero-order valence-corrected chi connectivity index (χ0v) is 14.5. The number of non-ortho nitro benzene ring substituents is 1. The van der Waals surface area contributed by atoms with Crippen LogP contribution in [0.4, 0.5) is 23.0 Å². The fourth-order valence-corrected chi connectivity index (χ4v) is 4.29. The van der Waals surface area contributed by atoms with Crippen LogP contribution >= 0.6 is 22.9 Å². The van der Waals surface area contributed by atoms with Gasteiger partial charge in [-0.05, 0) is 29.9 Å². The zero-order valence-electron chi connectivity index (χ0n) is 12.9. The monoisotopic (exact) mass is 395 g/mol. The molecule has 1 fully saturated rings. The second-order valence-corrected chi connectivity index (χ2v) is 7.19. The summed E-state index contributed by atoms with van der Waals surface area (Å²) in [5, 5.41) is 11.6. The average Bonchev–Trinajstić information content (AvgIpc) is 3.04. The summed E-state index contributed by atoms with van der Waals surface area (Å²) < 4.78 is 47.1. The molecular formula is C13H14BF4N3O2S2. The molecule has 1 aliphatic rings. The number of aromatic nitrogens is 1. The van der Waals surface area contributed by atoms with Gasteiger partial charge in [0.15, 0.2) is 0 Å². The summed E-state index contributed by atoms with van der Waals surface area (Å²) >= 11 is 3.19. The lowest BCUT2D eigenvalue weighted by Crippen LogP contribution is -2.31. The molecule has 1 aromatic carbocycles. The molecule has 1 aromatic heterocycles. The molecule has 0 radical (unpaired) electrons.